The molecular weight excluding hydrogens is 571 g/mol. The third kappa shape index (κ3) is 8.73. The van der Waals surface area contributed by atoms with Crippen molar-refractivity contribution in [2.45, 2.75) is 0 Å². The Morgan fingerprint density at radius 3 is 1.77 bits per heavy atom. The van der Waals surface area contributed by atoms with E-state index in [1.165, 1.54) is 18.2 Å². The SMILES string of the molecule is NC(N)=NC(=O)c1cc(C(=O)N=C(N)N(CS(=O)(=O)O)CS(=O)(=O)O)cc(-c2cc(Cl)sc2Cl)c1. The Balaban J connectivity index is 2.61. The van der Waals surface area contributed by atoms with Crippen LogP contribution in [0.5, 0.6) is 0 Å². The fraction of sp³-hybridized carbons (Fsp3) is 0.125. The van der Waals surface area contributed by atoms with Gasteiger partial charge in [0.05, 0.1) is 4.34 Å². The van der Waals surface area contributed by atoms with Crippen LogP contribution in [-0.4, -0.2) is 66.3 Å². The Morgan fingerprint density at radius 1 is 0.886 bits per heavy atom. The molecule has 2 amide bonds. The molecule has 35 heavy (non-hydrogen) atoms. The van der Waals surface area contributed by atoms with Crippen LogP contribution in [0.1, 0.15) is 20.7 Å². The lowest BCUT2D eigenvalue weighted by Gasteiger charge is -2.19. The standard InChI is InChI=1S/C16H16Cl2N6O8S3/c17-11-4-10(12(18)33-11)7-1-8(13(25)22-15(19)20)3-9(2-7)14(26)23-16(21)24(5-34(27,28)29)6-35(30,31)32/h1-4H,5-6H2,(H2,21,23,26)(H,27,28,29)(H,30,31,32)(H4,19,20,22,25). The van der Waals surface area contributed by atoms with E-state index in [1.807, 2.05) is 0 Å². The van der Waals surface area contributed by atoms with Crippen molar-refractivity contribution in [1.82, 2.24) is 4.90 Å². The molecule has 1 aromatic heterocycles. The molecule has 0 unspecified atom stereocenters. The summed E-state index contributed by atoms with van der Waals surface area (Å²) in [6.07, 6.45) is 0. The molecule has 0 saturated carbocycles. The van der Waals surface area contributed by atoms with E-state index in [4.69, 9.17) is 49.5 Å². The molecule has 190 valence electrons. The number of rotatable bonds is 7. The van der Waals surface area contributed by atoms with Gasteiger partial charge in [0.15, 0.2) is 5.96 Å². The molecule has 1 aromatic carbocycles. The van der Waals surface area contributed by atoms with E-state index in [2.05, 4.69) is 9.98 Å². The van der Waals surface area contributed by atoms with Crippen molar-refractivity contribution in [3.63, 3.8) is 0 Å². The molecule has 14 nitrogen and oxygen atoms in total. The number of carbonyl (C=O) groups excluding carboxylic acids is 2. The summed E-state index contributed by atoms with van der Waals surface area (Å²) >= 11 is 13.1. The maximum atomic E-state index is 12.8. The summed E-state index contributed by atoms with van der Waals surface area (Å²) in [5, 5.41) is 0. The molecular formula is C16H16Cl2N6O8S3. The maximum Gasteiger partial charge on any atom is 0.283 e. The number of thiophene rings is 1. The van der Waals surface area contributed by atoms with Crippen LogP contribution in [0.15, 0.2) is 34.3 Å². The number of guanidine groups is 2. The lowest BCUT2D eigenvalue weighted by Crippen LogP contribution is -2.44. The summed E-state index contributed by atoms with van der Waals surface area (Å²) in [5.41, 5.74) is 16.1. The number of halogens is 2. The normalized spacial score (nSPS) is 12.3. The molecule has 2 rings (SSSR count). The predicted octanol–water partition coefficient (Wildman–Crippen LogP) is 0.583. The van der Waals surface area contributed by atoms with Crippen LogP contribution in [0.4, 0.5) is 0 Å². The lowest BCUT2D eigenvalue weighted by atomic mass is 10.0. The van der Waals surface area contributed by atoms with Crippen LogP contribution in [0.25, 0.3) is 11.1 Å². The van der Waals surface area contributed by atoms with Crippen molar-refractivity contribution in [3.05, 3.63) is 44.1 Å². The van der Waals surface area contributed by atoms with Crippen LogP contribution >= 0.6 is 34.5 Å². The Labute approximate surface area is 212 Å². The molecule has 0 radical (unpaired) electrons. The first-order chi connectivity index (χ1) is 15.9. The highest BCUT2D eigenvalue weighted by Crippen LogP contribution is 2.38. The van der Waals surface area contributed by atoms with Gasteiger partial charge < -0.3 is 22.1 Å². The van der Waals surface area contributed by atoms with Gasteiger partial charge in [-0.05, 0) is 29.8 Å². The highest BCUT2D eigenvalue weighted by Gasteiger charge is 2.23. The molecule has 2 aromatic rings. The van der Waals surface area contributed by atoms with Crippen molar-refractivity contribution in [3.8, 4) is 11.1 Å². The van der Waals surface area contributed by atoms with Crippen molar-refractivity contribution < 1.29 is 35.5 Å². The largest absolute Gasteiger partial charge is 0.370 e. The first kappa shape index (κ1) is 28.4. The highest BCUT2D eigenvalue weighted by molar-refractivity contribution is 7.86. The second kappa shape index (κ2) is 10.9. The molecule has 0 aliphatic rings. The van der Waals surface area contributed by atoms with E-state index in [-0.39, 0.29) is 25.9 Å². The maximum absolute atomic E-state index is 12.8. The van der Waals surface area contributed by atoms with E-state index in [9.17, 15) is 26.4 Å². The minimum absolute atomic E-state index is 0.181. The van der Waals surface area contributed by atoms with E-state index in [0.717, 1.165) is 17.4 Å². The van der Waals surface area contributed by atoms with Gasteiger partial charge in [-0.2, -0.15) is 26.8 Å². The molecule has 0 spiro atoms. The monoisotopic (exact) mass is 586 g/mol. The van der Waals surface area contributed by atoms with Crippen LogP contribution in [-0.2, 0) is 20.2 Å². The first-order valence-electron chi connectivity index (χ1n) is 8.73. The van der Waals surface area contributed by atoms with Crippen molar-refractivity contribution in [1.29, 1.82) is 0 Å². The quantitative estimate of drug-likeness (QED) is 0.170. The van der Waals surface area contributed by atoms with Gasteiger partial charge in [0.2, 0.25) is 5.96 Å². The van der Waals surface area contributed by atoms with Gasteiger partial charge in [-0.25, -0.2) is 0 Å². The molecule has 0 bridgehead atoms. The topological polar surface area (TPSA) is 249 Å². The Morgan fingerprint density at radius 2 is 1.37 bits per heavy atom. The van der Waals surface area contributed by atoms with E-state index >= 15 is 0 Å². The van der Waals surface area contributed by atoms with E-state index in [0.29, 0.717) is 9.90 Å². The van der Waals surface area contributed by atoms with Gasteiger partial charge in [0.1, 0.15) is 16.1 Å². The fourth-order valence-electron chi connectivity index (χ4n) is 2.55. The van der Waals surface area contributed by atoms with Crippen molar-refractivity contribution in [2.24, 2.45) is 27.2 Å². The van der Waals surface area contributed by atoms with Crippen molar-refractivity contribution >= 4 is 78.5 Å². The predicted molar refractivity (Wildman–Crippen MR) is 131 cm³/mol. The number of nitrogens with two attached hydrogens (primary N) is 3. The summed E-state index contributed by atoms with van der Waals surface area (Å²) in [6, 6.07) is 5.05. The molecule has 19 heteroatoms. The van der Waals surface area contributed by atoms with Gasteiger partial charge in [-0.3, -0.25) is 18.7 Å². The Hall–Kier alpha value is -2.80. The third-order valence-corrected chi connectivity index (χ3v) is 6.57. The Kier molecular flexibility index (Phi) is 8.82. The summed E-state index contributed by atoms with van der Waals surface area (Å²) < 4.78 is 63.3. The summed E-state index contributed by atoms with van der Waals surface area (Å²) in [4.78, 5) is 32.2. The zero-order chi connectivity index (χ0) is 26.7. The van der Waals surface area contributed by atoms with Gasteiger partial charge in [-0.1, -0.05) is 23.2 Å². The Bertz CT molecular complexity index is 1420. The molecule has 0 aliphatic heterocycles. The van der Waals surface area contributed by atoms with Gasteiger partial charge in [0.25, 0.3) is 32.1 Å². The minimum Gasteiger partial charge on any atom is -0.370 e. The van der Waals surface area contributed by atoms with Crippen molar-refractivity contribution in [2.75, 3.05) is 11.8 Å². The number of benzene rings is 1. The number of hydrogen-bond acceptors (Lipinski definition) is 7. The average molecular weight is 587 g/mol. The molecule has 8 N–H and O–H groups in total. The average Bonchev–Trinajstić information content (AvgIpc) is 3.02. The number of amides is 2. The lowest BCUT2D eigenvalue weighted by molar-refractivity contribution is 0.100. The fourth-order valence-corrected chi connectivity index (χ4v) is 5.41. The number of nitrogens with zero attached hydrogens (tertiary/aromatic N) is 3. The highest BCUT2D eigenvalue weighted by atomic mass is 35.5. The molecule has 0 aliphatic carbocycles. The summed E-state index contributed by atoms with van der Waals surface area (Å²) in [6.45, 7) is 0. The number of aliphatic imine (C=N–C) groups is 2. The van der Waals surface area contributed by atoms with Gasteiger partial charge in [0, 0.05) is 16.7 Å². The molecule has 0 atom stereocenters. The molecule has 0 fully saturated rings. The number of carbonyl (C=O) groups is 2. The smallest absolute Gasteiger partial charge is 0.283 e. The van der Waals surface area contributed by atoms with Gasteiger partial charge >= 0.3 is 0 Å². The van der Waals surface area contributed by atoms with Crippen LogP contribution < -0.4 is 17.2 Å². The van der Waals surface area contributed by atoms with Crippen LogP contribution in [0, 0.1) is 0 Å². The van der Waals surface area contributed by atoms with Crippen LogP contribution in [0.3, 0.4) is 0 Å². The third-order valence-electron chi connectivity index (χ3n) is 3.80. The zero-order valence-corrected chi connectivity index (χ0v) is 21.1. The van der Waals surface area contributed by atoms with Crippen LogP contribution in [0.2, 0.25) is 8.67 Å². The minimum atomic E-state index is -4.85. The zero-order valence-electron chi connectivity index (χ0n) is 17.1. The molecule has 1 heterocycles. The first-order valence-corrected chi connectivity index (χ1v) is 13.5. The summed E-state index contributed by atoms with van der Waals surface area (Å²) in [7, 11) is -9.69. The second-order valence-corrected chi connectivity index (χ2v) is 11.7. The second-order valence-electron chi connectivity index (χ2n) is 6.62. The van der Waals surface area contributed by atoms with E-state index < -0.39 is 55.7 Å². The van der Waals surface area contributed by atoms with E-state index in [1.54, 1.807) is 0 Å². The molecule has 0 saturated heterocycles. The number of hydrogen-bond donors (Lipinski definition) is 5. The van der Waals surface area contributed by atoms with Gasteiger partial charge in [-0.15, -0.1) is 11.3 Å². The summed E-state index contributed by atoms with van der Waals surface area (Å²) in [5.74, 6) is -6.46.